The summed E-state index contributed by atoms with van der Waals surface area (Å²) in [6, 6.07) is 0. The Balaban J connectivity index is 2.62. The normalized spacial score (nSPS) is 19.3. The van der Waals surface area contributed by atoms with Gasteiger partial charge in [-0.05, 0) is 45.4 Å². The molecule has 1 aliphatic rings. The van der Waals surface area contributed by atoms with E-state index >= 15 is 0 Å². The lowest BCUT2D eigenvalue weighted by Gasteiger charge is -2.37. The van der Waals surface area contributed by atoms with Crippen molar-refractivity contribution in [3.63, 3.8) is 0 Å². The van der Waals surface area contributed by atoms with Crippen LogP contribution in [-0.4, -0.2) is 23.2 Å². The predicted octanol–water partition coefficient (Wildman–Crippen LogP) is 5.53. The van der Waals surface area contributed by atoms with Crippen molar-refractivity contribution >= 4 is 6.16 Å². The standard InChI is InChI=1S/C18H34O5/c1-5-7-11-14(6-2)16(21-17(19)20)22-23-18(3,4)15-12-9-8-10-13-15/h14-16H,5-13H2,1-4H3,(H,19,20). The quantitative estimate of drug-likeness (QED) is 0.247. The van der Waals surface area contributed by atoms with Crippen LogP contribution in [0.4, 0.5) is 4.79 Å². The first-order chi connectivity index (χ1) is 10.9. The fraction of sp³-hybridized carbons (Fsp3) is 0.944. The largest absolute Gasteiger partial charge is 0.508 e. The lowest BCUT2D eigenvalue weighted by atomic mass is 9.79. The number of carbonyl (C=O) groups is 1. The number of carboxylic acid groups (broad SMARTS) is 1. The monoisotopic (exact) mass is 330 g/mol. The molecular formula is C18H34O5. The van der Waals surface area contributed by atoms with E-state index in [2.05, 4.69) is 6.92 Å². The van der Waals surface area contributed by atoms with Crippen LogP contribution in [0.3, 0.4) is 0 Å². The van der Waals surface area contributed by atoms with Crippen molar-refractivity contribution in [2.75, 3.05) is 0 Å². The van der Waals surface area contributed by atoms with Crippen molar-refractivity contribution in [2.45, 2.75) is 97.4 Å². The summed E-state index contributed by atoms with van der Waals surface area (Å²) < 4.78 is 4.95. The molecule has 1 fully saturated rings. The Labute approximate surface area is 140 Å². The van der Waals surface area contributed by atoms with Crippen LogP contribution in [0.2, 0.25) is 0 Å². The molecule has 0 saturated heterocycles. The third-order valence-electron chi connectivity index (χ3n) is 5.00. The van der Waals surface area contributed by atoms with Crippen molar-refractivity contribution in [2.24, 2.45) is 11.8 Å². The van der Waals surface area contributed by atoms with Crippen LogP contribution >= 0.6 is 0 Å². The van der Waals surface area contributed by atoms with E-state index in [-0.39, 0.29) is 5.92 Å². The molecule has 0 radical (unpaired) electrons. The van der Waals surface area contributed by atoms with Gasteiger partial charge in [-0.1, -0.05) is 46.0 Å². The highest BCUT2D eigenvalue weighted by Gasteiger charge is 2.35. The molecule has 23 heavy (non-hydrogen) atoms. The topological polar surface area (TPSA) is 65.0 Å². The number of hydrogen-bond donors (Lipinski definition) is 1. The van der Waals surface area contributed by atoms with Crippen molar-refractivity contribution in [3.8, 4) is 0 Å². The van der Waals surface area contributed by atoms with Crippen LogP contribution in [0.15, 0.2) is 0 Å². The second-order valence-electron chi connectivity index (χ2n) is 7.18. The summed E-state index contributed by atoms with van der Waals surface area (Å²) in [6.45, 7) is 8.18. The van der Waals surface area contributed by atoms with Crippen LogP contribution in [0.25, 0.3) is 0 Å². The highest BCUT2D eigenvalue weighted by atomic mass is 17.2. The molecule has 0 heterocycles. The van der Waals surface area contributed by atoms with Crippen molar-refractivity contribution in [3.05, 3.63) is 0 Å². The van der Waals surface area contributed by atoms with Gasteiger partial charge in [0.1, 0.15) is 5.60 Å². The van der Waals surface area contributed by atoms with E-state index in [1.54, 1.807) is 0 Å². The first kappa shape index (κ1) is 20.2. The van der Waals surface area contributed by atoms with Crippen LogP contribution in [0.1, 0.15) is 85.5 Å². The maximum absolute atomic E-state index is 11.0. The van der Waals surface area contributed by atoms with Crippen LogP contribution in [-0.2, 0) is 14.5 Å². The fourth-order valence-corrected chi connectivity index (χ4v) is 3.33. The average molecular weight is 330 g/mol. The summed E-state index contributed by atoms with van der Waals surface area (Å²) in [5.41, 5.74) is -0.427. The van der Waals surface area contributed by atoms with E-state index in [0.29, 0.717) is 5.92 Å². The molecule has 2 atom stereocenters. The molecule has 0 spiro atoms. The first-order valence-corrected chi connectivity index (χ1v) is 9.14. The predicted molar refractivity (Wildman–Crippen MR) is 89.0 cm³/mol. The Bertz CT molecular complexity index is 336. The summed E-state index contributed by atoms with van der Waals surface area (Å²) >= 11 is 0. The third kappa shape index (κ3) is 7.08. The second kappa shape index (κ2) is 10.1. The Morgan fingerprint density at radius 1 is 1.22 bits per heavy atom. The highest BCUT2D eigenvalue weighted by Crippen LogP contribution is 2.35. The maximum Gasteiger partial charge on any atom is 0.508 e. The van der Waals surface area contributed by atoms with Gasteiger partial charge in [0.25, 0.3) is 0 Å². The van der Waals surface area contributed by atoms with E-state index in [0.717, 1.165) is 38.5 Å². The Hall–Kier alpha value is -0.810. The van der Waals surface area contributed by atoms with Gasteiger partial charge < -0.3 is 9.84 Å². The zero-order valence-electron chi connectivity index (χ0n) is 15.2. The molecule has 0 aliphatic heterocycles. The number of hydrogen-bond acceptors (Lipinski definition) is 4. The number of rotatable bonds is 10. The molecule has 0 aromatic heterocycles. The summed E-state index contributed by atoms with van der Waals surface area (Å²) in [5.74, 6) is 0.464. The zero-order valence-corrected chi connectivity index (χ0v) is 15.2. The zero-order chi connectivity index (χ0) is 17.3. The number of ether oxygens (including phenoxy) is 1. The summed E-state index contributed by atoms with van der Waals surface area (Å²) in [6.07, 6.45) is 7.58. The molecule has 1 saturated carbocycles. The second-order valence-corrected chi connectivity index (χ2v) is 7.18. The van der Waals surface area contributed by atoms with E-state index in [9.17, 15) is 4.79 Å². The van der Waals surface area contributed by atoms with Gasteiger partial charge >= 0.3 is 6.16 Å². The van der Waals surface area contributed by atoms with Crippen molar-refractivity contribution < 1.29 is 24.4 Å². The molecule has 1 aliphatic carbocycles. The SMILES string of the molecule is CCCCC(CC)C(OOC(C)(C)C1CCCCC1)OC(=O)O. The highest BCUT2D eigenvalue weighted by molar-refractivity contribution is 5.56. The van der Waals surface area contributed by atoms with E-state index < -0.39 is 18.0 Å². The first-order valence-electron chi connectivity index (χ1n) is 9.14. The summed E-state index contributed by atoms with van der Waals surface area (Å²) in [5, 5.41) is 8.97. The molecule has 0 amide bonds. The molecule has 136 valence electrons. The average Bonchev–Trinajstić information content (AvgIpc) is 2.53. The molecule has 0 aromatic carbocycles. The third-order valence-corrected chi connectivity index (χ3v) is 5.00. The lowest BCUT2D eigenvalue weighted by Crippen LogP contribution is -2.39. The van der Waals surface area contributed by atoms with Crippen LogP contribution < -0.4 is 0 Å². The van der Waals surface area contributed by atoms with Gasteiger partial charge in [0.15, 0.2) is 0 Å². The van der Waals surface area contributed by atoms with Gasteiger partial charge in [0.2, 0.25) is 6.29 Å². The van der Waals surface area contributed by atoms with Crippen LogP contribution in [0, 0.1) is 11.8 Å². The Morgan fingerprint density at radius 2 is 1.87 bits per heavy atom. The van der Waals surface area contributed by atoms with Gasteiger partial charge in [-0.15, -0.1) is 0 Å². The summed E-state index contributed by atoms with van der Waals surface area (Å²) in [7, 11) is 0. The molecule has 5 nitrogen and oxygen atoms in total. The van der Waals surface area contributed by atoms with Gasteiger partial charge in [-0.3, -0.25) is 0 Å². The minimum Gasteiger partial charge on any atom is -0.450 e. The Kier molecular flexibility index (Phi) is 8.92. The van der Waals surface area contributed by atoms with E-state index in [4.69, 9.17) is 19.6 Å². The molecule has 2 unspecified atom stereocenters. The molecule has 5 heteroatoms. The molecular weight excluding hydrogens is 296 g/mol. The van der Waals surface area contributed by atoms with Gasteiger partial charge in [0.05, 0.1) is 0 Å². The lowest BCUT2D eigenvalue weighted by molar-refractivity contribution is -0.429. The van der Waals surface area contributed by atoms with Gasteiger partial charge in [0, 0.05) is 5.92 Å². The van der Waals surface area contributed by atoms with Gasteiger partial charge in [-0.25, -0.2) is 9.68 Å². The van der Waals surface area contributed by atoms with Gasteiger partial charge in [-0.2, -0.15) is 4.89 Å². The smallest absolute Gasteiger partial charge is 0.450 e. The van der Waals surface area contributed by atoms with Crippen molar-refractivity contribution in [1.82, 2.24) is 0 Å². The van der Waals surface area contributed by atoms with E-state index in [1.165, 1.54) is 19.3 Å². The summed E-state index contributed by atoms with van der Waals surface area (Å²) in [4.78, 5) is 22.2. The molecule has 0 aromatic rings. The molecule has 0 bridgehead atoms. The minimum absolute atomic E-state index is 0.0215. The molecule has 1 N–H and O–H groups in total. The minimum atomic E-state index is -1.32. The fourth-order valence-electron chi connectivity index (χ4n) is 3.33. The van der Waals surface area contributed by atoms with Crippen LogP contribution in [0.5, 0.6) is 0 Å². The number of unbranched alkanes of at least 4 members (excludes halogenated alkanes) is 1. The van der Waals surface area contributed by atoms with E-state index in [1.807, 2.05) is 20.8 Å². The molecule has 1 rings (SSSR count). The van der Waals surface area contributed by atoms with Crippen molar-refractivity contribution in [1.29, 1.82) is 0 Å². The maximum atomic E-state index is 11.0. The Morgan fingerprint density at radius 3 is 2.39 bits per heavy atom.